The predicted octanol–water partition coefficient (Wildman–Crippen LogP) is 5.05. The molecule has 31 heavy (non-hydrogen) atoms. The van der Waals surface area contributed by atoms with Crippen molar-refractivity contribution in [3.05, 3.63) is 0 Å². The lowest BCUT2D eigenvalue weighted by atomic mass is 9.43. The van der Waals surface area contributed by atoms with Crippen molar-refractivity contribution in [2.75, 3.05) is 0 Å². The fraction of sp³-hybridized carbons (Fsp3) is 0.923. The van der Waals surface area contributed by atoms with Crippen LogP contribution in [0.25, 0.3) is 0 Å². The largest absolute Gasteiger partial charge is 0.481 e. The van der Waals surface area contributed by atoms with Crippen molar-refractivity contribution in [3.8, 4) is 0 Å². The number of aliphatic hydroxyl groups is 1. The zero-order valence-corrected chi connectivity index (χ0v) is 19.8. The van der Waals surface area contributed by atoms with E-state index >= 15 is 0 Å². The van der Waals surface area contributed by atoms with Crippen LogP contribution in [0.4, 0.5) is 0 Å². The number of aliphatic hydroxyl groups excluding tert-OH is 1. The molecule has 0 amide bonds. The van der Waals surface area contributed by atoms with Crippen LogP contribution < -0.4 is 0 Å². The fourth-order valence-corrected chi connectivity index (χ4v) is 9.04. The predicted molar refractivity (Wildman–Crippen MR) is 118 cm³/mol. The van der Waals surface area contributed by atoms with Gasteiger partial charge >= 0.3 is 11.9 Å². The van der Waals surface area contributed by atoms with E-state index in [1.165, 1.54) is 26.2 Å². The summed E-state index contributed by atoms with van der Waals surface area (Å²) in [5.74, 6) is 2.00. The van der Waals surface area contributed by atoms with Crippen molar-refractivity contribution < 1.29 is 24.5 Å². The molecule has 4 rings (SSSR count). The smallest absolute Gasteiger partial charge is 0.303 e. The Bertz CT molecular complexity index is 706. The quantitative estimate of drug-likeness (QED) is 0.592. The van der Waals surface area contributed by atoms with Crippen molar-refractivity contribution in [2.45, 2.75) is 104 Å². The summed E-state index contributed by atoms with van der Waals surface area (Å²) in [6, 6.07) is 0. The molecule has 4 saturated carbocycles. The Morgan fingerprint density at radius 3 is 2.39 bits per heavy atom. The highest BCUT2D eigenvalue weighted by atomic mass is 16.5. The third kappa shape index (κ3) is 3.94. The number of aliphatic carboxylic acids is 1. The molecule has 5 heteroatoms. The first-order chi connectivity index (χ1) is 14.6. The molecule has 0 aromatic carbocycles. The molecule has 0 unspecified atom stereocenters. The Morgan fingerprint density at radius 2 is 1.71 bits per heavy atom. The fourth-order valence-electron chi connectivity index (χ4n) is 9.04. The first kappa shape index (κ1) is 23.1. The summed E-state index contributed by atoms with van der Waals surface area (Å²) in [7, 11) is 0. The lowest BCUT2D eigenvalue weighted by molar-refractivity contribution is -0.194. The summed E-state index contributed by atoms with van der Waals surface area (Å²) in [6.45, 7) is 8.69. The molecule has 0 aromatic heterocycles. The summed E-state index contributed by atoms with van der Waals surface area (Å²) in [4.78, 5) is 23.2. The third-order valence-electron chi connectivity index (χ3n) is 10.5. The topological polar surface area (TPSA) is 83.8 Å². The van der Waals surface area contributed by atoms with Gasteiger partial charge in [-0.15, -0.1) is 0 Å². The molecule has 0 spiro atoms. The van der Waals surface area contributed by atoms with Crippen LogP contribution in [0.15, 0.2) is 0 Å². The van der Waals surface area contributed by atoms with Gasteiger partial charge in [-0.3, -0.25) is 9.59 Å². The van der Waals surface area contributed by atoms with Gasteiger partial charge in [0.05, 0.1) is 6.10 Å². The minimum atomic E-state index is -0.698. The molecular weight excluding hydrogens is 392 g/mol. The van der Waals surface area contributed by atoms with Gasteiger partial charge in [-0.05, 0) is 98.2 Å². The van der Waals surface area contributed by atoms with Crippen LogP contribution in [0, 0.1) is 46.3 Å². The molecule has 176 valence electrons. The zero-order valence-electron chi connectivity index (χ0n) is 19.8. The Hall–Kier alpha value is -1.10. The average Bonchev–Trinajstić information content (AvgIpc) is 3.04. The normalized spacial score (nSPS) is 47.6. The molecule has 0 aliphatic heterocycles. The zero-order chi connectivity index (χ0) is 22.6. The van der Waals surface area contributed by atoms with Gasteiger partial charge in [0.1, 0.15) is 6.10 Å². The second-order valence-electron chi connectivity index (χ2n) is 11.9. The maximum Gasteiger partial charge on any atom is 0.303 e. The summed E-state index contributed by atoms with van der Waals surface area (Å²) < 4.78 is 6.02. The third-order valence-corrected chi connectivity index (χ3v) is 10.5. The Balaban J connectivity index is 1.62. The first-order valence-electron chi connectivity index (χ1n) is 12.6. The van der Waals surface area contributed by atoms with E-state index in [0.717, 1.165) is 38.5 Å². The van der Waals surface area contributed by atoms with Gasteiger partial charge in [0.2, 0.25) is 0 Å². The molecule has 0 aromatic rings. The van der Waals surface area contributed by atoms with Gasteiger partial charge in [-0.25, -0.2) is 0 Å². The van der Waals surface area contributed by atoms with Crippen LogP contribution in [0.3, 0.4) is 0 Å². The Kier molecular flexibility index (Phi) is 6.22. The van der Waals surface area contributed by atoms with Crippen molar-refractivity contribution in [3.63, 3.8) is 0 Å². The number of carbonyl (C=O) groups excluding carboxylic acids is 1. The maximum absolute atomic E-state index is 12.1. The molecule has 0 heterocycles. The van der Waals surface area contributed by atoms with Crippen LogP contribution in [0.5, 0.6) is 0 Å². The molecule has 0 saturated heterocycles. The van der Waals surface area contributed by atoms with E-state index in [0.29, 0.717) is 35.5 Å². The van der Waals surface area contributed by atoms with E-state index in [1.807, 2.05) is 0 Å². The summed E-state index contributed by atoms with van der Waals surface area (Å²) in [5.41, 5.74) is 0.434. The highest BCUT2D eigenvalue weighted by molar-refractivity contribution is 5.66. The lowest BCUT2D eigenvalue weighted by Crippen LogP contribution is -2.59. The molecule has 4 aliphatic rings. The number of esters is 1. The van der Waals surface area contributed by atoms with Crippen LogP contribution in [-0.4, -0.2) is 34.4 Å². The number of rotatable bonds is 5. The molecule has 4 aliphatic carbocycles. The van der Waals surface area contributed by atoms with E-state index in [1.54, 1.807) is 0 Å². The highest BCUT2D eigenvalue weighted by Crippen LogP contribution is 2.68. The van der Waals surface area contributed by atoms with Gasteiger partial charge in [-0.2, -0.15) is 0 Å². The molecule has 10 atom stereocenters. The van der Waals surface area contributed by atoms with Gasteiger partial charge in [0, 0.05) is 19.3 Å². The molecule has 0 bridgehead atoms. The van der Waals surface area contributed by atoms with Gasteiger partial charge < -0.3 is 14.9 Å². The summed E-state index contributed by atoms with van der Waals surface area (Å²) in [6.07, 6.45) is 9.14. The van der Waals surface area contributed by atoms with Crippen LogP contribution in [-0.2, 0) is 14.3 Å². The van der Waals surface area contributed by atoms with Crippen molar-refractivity contribution in [1.29, 1.82) is 0 Å². The average molecular weight is 435 g/mol. The number of carboxylic acids is 1. The number of carbonyl (C=O) groups is 2. The Labute approximate surface area is 187 Å². The maximum atomic E-state index is 12.1. The second-order valence-corrected chi connectivity index (χ2v) is 11.9. The second kappa shape index (κ2) is 8.35. The van der Waals surface area contributed by atoms with Crippen molar-refractivity contribution >= 4 is 11.9 Å². The molecule has 2 N–H and O–H groups in total. The van der Waals surface area contributed by atoms with E-state index in [9.17, 15) is 14.7 Å². The van der Waals surface area contributed by atoms with Crippen LogP contribution in [0.1, 0.15) is 91.9 Å². The van der Waals surface area contributed by atoms with Crippen molar-refractivity contribution in [1.82, 2.24) is 0 Å². The number of ether oxygens (including phenoxy) is 1. The van der Waals surface area contributed by atoms with E-state index in [-0.39, 0.29) is 35.4 Å². The van der Waals surface area contributed by atoms with Crippen LogP contribution in [0.2, 0.25) is 0 Å². The standard InChI is InChI=1S/C26H42O5/c1-15(5-8-23(29)30)19-6-7-20-24-21(10-12-26(19,20)4)25(3)11-9-18(28)13-17(25)14-22(24)31-16(2)27/h15,17-22,24,28H,5-14H2,1-4H3,(H,29,30)/t15-,17+,18-,19-,20+,21+,22-,24+,25+,26-/m1/s1. The number of fused-ring (bicyclic) bond motifs is 5. The first-order valence-corrected chi connectivity index (χ1v) is 12.6. The van der Waals surface area contributed by atoms with Gasteiger partial charge in [0.15, 0.2) is 0 Å². The lowest BCUT2D eigenvalue weighted by Gasteiger charge is -2.62. The minimum Gasteiger partial charge on any atom is -0.481 e. The molecule has 4 fully saturated rings. The summed E-state index contributed by atoms with van der Waals surface area (Å²) >= 11 is 0. The SMILES string of the molecule is CC(=O)O[C@@H]1C[C@@H]2C[C@H](O)CC[C@]2(C)[C@H]2CC[C@]3(C)[C@@H]([C@H](C)CCC(=O)O)CC[C@H]3[C@H]12. The summed E-state index contributed by atoms with van der Waals surface area (Å²) in [5, 5.41) is 19.5. The van der Waals surface area contributed by atoms with E-state index < -0.39 is 5.97 Å². The number of hydrogen-bond acceptors (Lipinski definition) is 4. The number of carboxylic acid groups (broad SMARTS) is 1. The van der Waals surface area contributed by atoms with Crippen molar-refractivity contribution in [2.24, 2.45) is 46.3 Å². The molecular formula is C26H42O5. The molecule has 5 nitrogen and oxygen atoms in total. The van der Waals surface area contributed by atoms with E-state index in [2.05, 4.69) is 20.8 Å². The van der Waals surface area contributed by atoms with E-state index in [4.69, 9.17) is 9.84 Å². The minimum absolute atomic E-state index is 0.0384. The van der Waals surface area contributed by atoms with Gasteiger partial charge in [0.25, 0.3) is 0 Å². The highest BCUT2D eigenvalue weighted by Gasteiger charge is 2.63. The monoisotopic (exact) mass is 434 g/mol. The number of hydrogen-bond donors (Lipinski definition) is 2. The van der Waals surface area contributed by atoms with Gasteiger partial charge in [-0.1, -0.05) is 20.8 Å². The Morgan fingerprint density at radius 1 is 1.03 bits per heavy atom. The molecule has 0 radical (unpaired) electrons. The van der Waals surface area contributed by atoms with Crippen LogP contribution >= 0.6 is 0 Å².